The topological polar surface area (TPSA) is 59.3 Å². The lowest BCUT2D eigenvalue weighted by molar-refractivity contribution is -0.686. The molecule has 27 heavy (non-hydrogen) atoms. The molecule has 0 aliphatic heterocycles. The van der Waals surface area contributed by atoms with Gasteiger partial charge < -0.3 is 10.1 Å². The summed E-state index contributed by atoms with van der Waals surface area (Å²) in [4.78, 5) is 23.5. The minimum absolute atomic E-state index is 0. The average Bonchev–Trinajstić information content (AvgIpc) is 2.65. The number of carbonyl (C=O) groups excluding carboxylic acids is 2. The second-order valence-corrected chi connectivity index (χ2v) is 6.75. The molecule has 5 nitrogen and oxygen atoms in total. The summed E-state index contributed by atoms with van der Waals surface area (Å²) >= 11 is 0. The minimum Gasteiger partial charge on any atom is -0.461 e. The molecule has 0 aromatic carbocycles. The summed E-state index contributed by atoms with van der Waals surface area (Å²) in [6, 6.07) is 3.46. The first-order valence-corrected chi connectivity index (χ1v) is 10.0. The number of halogens is 1. The Morgan fingerprint density at radius 1 is 1.00 bits per heavy atom. The van der Waals surface area contributed by atoms with Crippen LogP contribution in [0.25, 0.3) is 0 Å². The third-order valence-electron chi connectivity index (χ3n) is 4.42. The van der Waals surface area contributed by atoms with Crippen molar-refractivity contribution >= 4 is 24.3 Å². The van der Waals surface area contributed by atoms with Crippen molar-refractivity contribution in [2.24, 2.45) is 0 Å². The van der Waals surface area contributed by atoms with E-state index in [4.69, 9.17) is 4.74 Å². The van der Waals surface area contributed by atoms with Crippen LogP contribution in [-0.2, 0) is 16.1 Å². The van der Waals surface area contributed by atoms with Crippen molar-refractivity contribution in [1.82, 2.24) is 5.32 Å². The normalized spacial score (nSPS) is 10.1. The van der Waals surface area contributed by atoms with Crippen molar-refractivity contribution in [2.45, 2.75) is 77.7 Å². The fourth-order valence-corrected chi connectivity index (χ4v) is 2.87. The summed E-state index contributed by atoms with van der Waals surface area (Å²) in [6.45, 7) is 2.85. The maximum Gasteiger partial charge on any atom is 0.372 e. The molecule has 1 amide bonds. The Morgan fingerprint density at radius 3 is 2.19 bits per heavy atom. The van der Waals surface area contributed by atoms with Crippen LogP contribution in [0, 0.1) is 0 Å². The third-order valence-corrected chi connectivity index (χ3v) is 4.42. The molecule has 0 fully saturated rings. The van der Waals surface area contributed by atoms with Gasteiger partial charge in [0.1, 0.15) is 5.56 Å². The first-order chi connectivity index (χ1) is 12.7. The third kappa shape index (κ3) is 12.4. The molecule has 0 aliphatic rings. The zero-order chi connectivity index (χ0) is 19.0. The molecule has 1 aromatic rings. The monoisotopic (exact) mass is 399 g/mol. The zero-order valence-electron chi connectivity index (χ0n) is 16.9. The molecule has 1 N–H and O–H groups in total. The van der Waals surface area contributed by atoms with Crippen LogP contribution >= 0.6 is 12.4 Å². The molecule has 0 radical (unpaired) electrons. The van der Waals surface area contributed by atoms with E-state index in [0.717, 1.165) is 12.8 Å². The van der Waals surface area contributed by atoms with Gasteiger partial charge >= 0.3 is 5.97 Å². The Hall–Kier alpha value is -1.62. The fraction of sp³-hybridized carbons (Fsp3) is 0.667. The van der Waals surface area contributed by atoms with Gasteiger partial charge in [0.2, 0.25) is 6.54 Å². The zero-order valence-corrected chi connectivity index (χ0v) is 17.7. The number of hydrogen-bond acceptors (Lipinski definition) is 3. The van der Waals surface area contributed by atoms with E-state index >= 15 is 0 Å². The van der Waals surface area contributed by atoms with Crippen molar-refractivity contribution in [2.75, 3.05) is 13.7 Å². The highest BCUT2D eigenvalue weighted by Crippen LogP contribution is 2.10. The highest BCUT2D eigenvalue weighted by atomic mass is 35.5. The van der Waals surface area contributed by atoms with Gasteiger partial charge in [0, 0.05) is 13.1 Å². The van der Waals surface area contributed by atoms with Gasteiger partial charge in [-0.2, -0.15) is 4.57 Å². The predicted molar refractivity (Wildman–Crippen MR) is 110 cm³/mol. The maximum absolute atomic E-state index is 11.9. The minimum atomic E-state index is -0.264. The molecule has 0 spiro atoms. The lowest BCUT2D eigenvalue weighted by Gasteiger charge is -2.04. The standard InChI is InChI=1S/C21H34N2O3.ClH/c1-3-4-5-6-7-8-9-10-11-12-16-26-20(24)18-23-15-13-14-19(17-23)21(25)22-2;/h13-15,17H,3-12,16,18H2,1-2H3;1H/p+1. The van der Waals surface area contributed by atoms with E-state index in [1.54, 1.807) is 36.1 Å². The second-order valence-electron chi connectivity index (χ2n) is 6.75. The number of amides is 1. The van der Waals surface area contributed by atoms with Crippen LogP contribution in [0.5, 0.6) is 0 Å². The number of rotatable bonds is 14. The highest BCUT2D eigenvalue weighted by Gasteiger charge is 2.13. The van der Waals surface area contributed by atoms with Crippen LogP contribution in [-0.4, -0.2) is 25.5 Å². The summed E-state index contributed by atoms with van der Waals surface area (Å²) in [5.74, 6) is -0.432. The van der Waals surface area contributed by atoms with Gasteiger partial charge in [0.15, 0.2) is 12.4 Å². The first-order valence-electron chi connectivity index (χ1n) is 10.0. The molecule has 0 saturated heterocycles. The van der Waals surface area contributed by atoms with Gasteiger partial charge in [-0.1, -0.05) is 64.7 Å². The molecule has 0 unspecified atom stereocenters. The van der Waals surface area contributed by atoms with Crippen molar-refractivity contribution in [1.29, 1.82) is 0 Å². The van der Waals surface area contributed by atoms with Crippen LogP contribution in [0.4, 0.5) is 0 Å². The smallest absolute Gasteiger partial charge is 0.372 e. The lowest BCUT2D eigenvalue weighted by atomic mass is 10.1. The van der Waals surface area contributed by atoms with Gasteiger partial charge in [-0.3, -0.25) is 4.79 Å². The van der Waals surface area contributed by atoms with Crippen LogP contribution in [0.2, 0.25) is 0 Å². The van der Waals surface area contributed by atoms with E-state index in [-0.39, 0.29) is 30.8 Å². The number of aromatic nitrogens is 1. The van der Waals surface area contributed by atoms with E-state index in [1.165, 1.54) is 51.4 Å². The van der Waals surface area contributed by atoms with Gasteiger partial charge in [-0.05, 0) is 12.5 Å². The molecule has 0 bridgehead atoms. The summed E-state index contributed by atoms with van der Waals surface area (Å²) in [5.41, 5.74) is 0.525. The van der Waals surface area contributed by atoms with Gasteiger partial charge in [0.25, 0.3) is 5.91 Å². The van der Waals surface area contributed by atoms with Crippen LogP contribution in [0.1, 0.15) is 81.5 Å². The Morgan fingerprint density at radius 2 is 1.59 bits per heavy atom. The van der Waals surface area contributed by atoms with Gasteiger partial charge in [-0.15, -0.1) is 12.4 Å². The molecular weight excluding hydrogens is 364 g/mol. The molecule has 1 heterocycles. The molecule has 0 atom stereocenters. The van der Waals surface area contributed by atoms with Crippen molar-refractivity contribution < 1.29 is 18.9 Å². The highest BCUT2D eigenvalue weighted by molar-refractivity contribution is 5.93. The lowest BCUT2D eigenvalue weighted by Crippen LogP contribution is -2.39. The summed E-state index contributed by atoms with van der Waals surface area (Å²) < 4.78 is 6.96. The van der Waals surface area contributed by atoms with Crippen LogP contribution in [0.15, 0.2) is 24.5 Å². The Labute approximate surface area is 170 Å². The summed E-state index contributed by atoms with van der Waals surface area (Å²) in [7, 11) is 1.58. The number of carbonyl (C=O) groups is 2. The van der Waals surface area contributed by atoms with E-state index in [2.05, 4.69) is 12.2 Å². The van der Waals surface area contributed by atoms with E-state index in [1.807, 2.05) is 0 Å². The number of nitrogens with one attached hydrogen (secondary N) is 1. The van der Waals surface area contributed by atoms with Crippen LogP contribution in [0.3, 0.4) is 0 Å². The molecular formula is C21H36ClN2O3+. The number of esters is 1. The molecule has 154 valence electrons. The average molecular weight is 400 g/mol. The second kappa shape index (κ2) is 16.5. The fourth-order valence-electron chi connectivity index (χ4n) is 2.87. The molecule has 0 aliphatic carbocycles. The molecule has 6 heteroatoms. The number of ether oxygens (including phenoxy) is 1. The predicted octanol–water partition coefficient (Wildman–Crippen LogP) is 4.22. The van der Waals surface area contributed by atoms with E-state index < -0.39 is 0 Å². The summed E-state index contributed by atoms with van der Waals surface area (Å²) in [5, 5.41) is 2.57. The Bertz CT molecular complexity index is 538. The number of hydrogen-bond donors (Lipinski definition) is 1. The van der Waals surface area contributed by atoms with Gasteiger partial charge in [0.05, 0.1) is 6.61 Å². The Balaban J connectivity index is 0.00000676. The van der Waals surface area contributed by atoms with Crippen molar-refractivity contribution in [3.8, 4) is 0 Å². The summed E-state index contributed by atoms with van der Waals surface area (Å²) in [6.07, 6.45) is 16.0. The maximum atomic E-state index is 11.9. The van der Waals surface area contributed by atoms with Crippen LogP contribution < -0.4 is 9.88 Å². The number of pyridine rings is 1. The quantitative estimate of drug-likeness (QED) is 0.289. The number of unbranched alkanes of at least 4 members (excludes halogenated alkanes) is 9. The van der Waals surface area contributed by atoms with Gasteiger partial charge in [-0.25, -0.2) is 4.79 Å². The van der Waals surface area contributed by atoms with Crippen molar-refractivity contribution in [3.63, 3.8) is 0 Å². The molecule has 0 saturated carbocycles. The molecule has 1 rings (SSSR count). The Kier molecular flexibility index (Phi) is 15.6. The largest absolute Gasteiger partial charge is 0.461 e. The van der Waals surface area contributed by atoms with E-state index in [0.29, 0.717) is 12.2 Å². The SMILES string of the molecule is CCCCCCCCCCCCOC(=O)C[n+]1cccc(C(=O)NC)c1.Cl. The number of nitrogens with zero attached hydrogens (tertiary/aromatic N) is 1. The first kappa shape index (κ1) is 25.4. The van der Waals surface area contributed by atoms with Crippen molar-refractivity contribution in [3.05, 3.63) is 30.1 Å². The molecule has 1 aromatic heterocycles. The van der Waals surface area contributed by atoms with E-state index in [9.17, 15) is 9.59 Å².